The van der Waals surface area contributed by atoms with Crippen LogP contribution in [-0.2, 0) is 12.8 Å². The number of piperazine rings is 1. The Bertz CT molecular complexity index is 920. The number of anilines is 1. The van der Waals surface area contributed by atoms with Crippen LogP contribution >= 0.6 is 11.3 Å². The minimum absolute atomic E-state index is 0.204. The molecule has 1 fully saturated rings. The average Bonchev–Trinajstić information content (AvgIpc) is 3.32. The van der Waals surface area contributed by atoms with E-state index in [2.05, 4.69) is 15.3 Å². The Morgan fingerprint density at radius 1 is 1.08 bits per heavy atom. The highest BCUT2D eigenvalue weighted by molar-refractivity contribution is 7.12. The van der Waals surface area contributed by atoms with Crippen molar-refractivity contribution in [2.45, 2.75) is 25.7 Å². The molecule has 0 atom stereocenters. The molecule has 5 rings (SSSR count). The normalized spacial score (nSPS) is 17.5. The number of aromatic nitrogens is 1. The van der Waals surface area contributed by atoms with E-state index < -0.39 is 0 Å². The van der Waals surface area contributed by atoms with E-state index in [0.717, 1.165) is 41.9 Å². The van der Waals surface area contributed by atoms with Crippen molar-refractivity contribution in [2.75, 3.05) is 31.1 Å². The van der Waals surface area contributed by atoms with Crippen LogP contribution in [0.5, 0.6) is 0 Å². The van der Waals surface area contributed by atoms with Crippen molar-refractivity contribution in [1.82, 2.24) is 9.88 Å². The molecular formula is C20H21N3O2S. The third-order valence-electron chi connectivity index (χ3n) is 5.42. The van der Waals surface area contributed by atoms with Gasteiger partial charge in [-0.15, -0.1) is 11.3 Å². The number of benzene rings is 1. The maximum atomic E-state index is 13.0. The molecule has 0 N–H and O–H groups in total. The number of hydrogen-bond donors (Lipinski definition) is 0. The van der Waals surface area contributed by atoms with Crippen LogP contribution < -0.4 is 4.90 Å². The molecule has 2 aromatic heterocycles. The van der Waals surface area contributed by atoms with Gasteiger partial charge in [-0.25, -0.2) is 0 Å². The monoisotopic (exact) mass is 367 g/mol. The van der Waals surface area contributed by atoms with Gasteiger partial charge in [0.1, 0.15) is 5.52 Å². The van der Waals surface area contributed by atoms with Crippen molar-refractivity contribution < 1.29 is 9.21 Å². The van der Waals surface area contributed by atoms with Crippen LogP contribution in [0, 0.1) is 0 Å². The lowest BCUT2D eigenvalue weighted by Crippen LogP contribution is -2.49. The molecule has 1 saturated heterocycles. The summed E-state index contributed by atoms with van der Waals surface area (Å²) < 4.78 is 5.86. The van der Waals surface area contributed by atoms with E-state index in [1.807, 2.05) is 29.2 Å². The zero-order chi connectivity index (χ0) is 17.5. The predicted molar refractivity (Wildman–Crippen MR) is 103 cm³/mol. The Morgan fingerprint density at radius 2 is 1.88 bits per heavy atom. The van der Waals surface area contributed by atoms with Crippen LogP contribution in [0.15, 0.2) is 34.1 Å². The molecule has 6 heteroatoms. The van der Waals surface area contributed by atoms with Gasteiger partial charge >= 0.3 is 0 Å². The fourth-order valence-corrected chi connectivity index (χ4v) is 5.06. The summed E-state index contributed by atoms with van der Waals surface area (Å²) >= 11 is 1.63. The van der Waals surface area contributed by atoms with Gasteiger partial charge < -0.3 is 14.2 Å². The zero-order valence-corrected chi connectivity index (χ0v) is 15.4. The second-order valence-corrected chi connectivity index (χ2v) is 7.90. The van der Waals surface area contributed by atoms with E-state index >= 15 is 0 Å². The van der Waals surface area contributed by atoms with Crippen LogP contribution in [0.25, 0.3) is 11.1 Å². The van der Waals surface area contributed by atoms with Crippen molar-refractivity contribution in [2.24, 2.45) is 0 Å². The molecule has 134 valence electrons. The number of para-hydroxylation sites is 2. The molecule has 0 bridgehead atoms. The number of rotatable bonds is 2. The molecule has 26 heavy (non-hydrogen) atoms. The third kappa shape index (κ3) is 2.69. The van der Waals surface area contributed by atoms with E-state index in [-0.39, 0.29) is 5.91 Å². The lowest BCUT2D eigenvalue weighted by molar-refractivity contribution is 0.0748. The number of aryl methyl sites for hydroxylation is 1. The quantitative estimate of drug-likeness (QED) is 0.692. The summed E-state index contributed by atoms with van der Waals surface area (Å²) in [4.78, 5) is 22.7. The summed E-state index contributed by atoms with van der Waals surface area (Å²) in [6, 6.07) is 8.47. The Hall–Kier alpha value is -2.34. The van der Waals surface area contributed by atoms with E-state index in [9.17, 15) is 4.79 Å². The highest BCUT2D eigenvalue weighted by Gasteiger charge is 2.28. The summed E-state index contributed by atoms with van der Waals surface area (Å²) in [5, 5.41) is 2.19. The number of carbonyl (C=O) groups is 1. The van der Waals surface area contributed by atoms with Crippen molar-refractivity contribution in [3.63, 3.8) is 0 Å². The van der Waals surface area contributed by atoms with Gasteiger partial charge in [-0.3, -0.25) is 4.79 Å². The Balaban J connectivity index is 1.29. The first-order valence-electron chi connectivity index (χ1n) is 9.28. The fourth-order valence-electron chi connectivity index (χ4n) is 3.94. The Morgan fingerprint density at radius 3 is 2.73 bits per heavy atom. The molecule has 3 aromatic rings. The van der Waals surface area contributed by atoms with Gasteiger partial charge in [-0.2, -0.15) is 4.98 Å². The summed E-state index contributed by atoms with van der Waals surface area (Å²) in [5.41, 5.74) is 4.40. The molecule has 1 aliphatic carbocycles. The molecule has 0 saturated carbocycles. The lowest BCUT2D eigenvalue weighted by Gasteiger charge is -2.33. The molecule has 1 aromatic carbocycles. The average molecular weight is 367 g/mol. The number of nitrogens with zero attached hydrogens (tertiary/aromatic N) is 3. The first-order chi connectivity index (χ1) is 12.8. The standard InChI is InChI=1S/C20H21N3O2S/c24-19(18-15-6-2-1-5-14(15)13-26-18)22-9-11-23(12-10-22)20-21-16-7-3-4-8-17(16)25-20/h3-4,7-8,13H,1-2,5-6,9-12H2. The Kier molecular flexibility index (Phi) is 3.93. The second-order valence-electron chi connectivity index (χ2n) is 7.02. The lowest BCUT2D eigenvalue weighted by atomic mass is 9.93. The van der Waals surface area contributed by atoms with Crippen molar-refractivity contribution in [3.8, 4) is 0 Å². The highest BCUT2D eigenvalue weighted by atomic mass is 32.1. The topological polar surface area (TPSA) is 49.6 Å². The smallest absolute Gasteiger partial charge is 0.298 e. The van der Waals surface area contributed by atoms with Crippen molar-refractivity contribution >= 4 is 34.4 Å². The summed E-state index contributed by atoms with van der Waals surface area (Å²) in [5.74, 6) is 0.204. The van der Waals surface area contributed by atoms with Crippen LogP contribution in [0.1, 0.15) is 33.6 Å². The molecule has 5 nitrogen and oxygen atoms in total. The number of amides is 1. The number of hydrogen-bond acceptors (Lipinski definition) is 5. The van der Waals surface area contributed by atoms with Crippen LogP contribution in [-0.4, -0.2) is 42.0 Å². The maximum Gasteiger partial charge on any atom is 0.298 e. The first-order valence-corrected chi connectivity index (χ1v) is 10.2. The van der Waals surface area contributed by atoms with E-state index in [4.69, 9.17) is 4.42 Å². The molecule has 3 heterocycles. The number of carbonyl (C=O) groups excluding carboxylic acids is 1. The van der Waals surface area contributed by atoms with Gasteiger partial charge in [-0.1, -0.05) is 12.1 Å². The van der Waals surface area contributed by atoms with E-state index in [1.165, 1.54) is 24.0 Å². The van der Waals surface area contributed by atoms with Gasteiger partial charge in [0, 0.05) is 26.2 Å². The molecule has 0 unspecified atom stereocenters. The first kappa shape index (κ1) is 15.9. The van der Waals surface area contributed by atoms with Gasteiger partial charge in [0.15, 0.2) is 5.58 Å². The fraction of sp³-hybridized carbons (Fsp3) is 0.400. The third-order valence-corrected chi connectivity index (χ3v) is 6.48. The largest absolute Gasteiger partial charge is 0.423 e. The molecular weight excluding hydrogens is 346 g/mol. The molecule has 2 aliphatic rings. The van der Waals surface area contributed by atoms with Crippen molar-refractivity contribution in [3.05, 3.63) is 45.6 Å². The predicted octanol–water partition coefficient (Wildman–Crippen LogP) is 3.73. The summed E-state index contributed by atoms with van der Waals surface area (Å²) in [6.07, 6.45) is 4.64. The SMILES string of the molecule is O=C(c1scc2c1CCCC2)N1CCN(c2nc3ccccc3o2)CC1. The number of oxazole rings is 1. The summed E-state index contributed by atoms with van der Waals surface area (Å²) in [7, 11) is 0. The van der Waals surface area contributed by atoms with Crippen LogP contribution in [0.4, 0.5) is 6.01 Å². The highest BCUT2D eigenvalue weighted by Crippen LogP contribution is 2.31. The molecule has 1 aliphatic heterocycles. The minimum Gasteiger partial charge on any atom is -0.423 e. The van der Waals surface area contributed by atoms with Crippen LogP contribution in [0.2, 0.25) is 0 Å². The minimum atomic E-state index is 0.204. The van der Waals surface area contributed by atoms with Crippen molar-refractivity contribution in [1.29, 1.82) is 0 Å². The summed E-state index contributed by atoms with van der Waals surface area (Å²) in [6.45, 7) is 2.94. The van der Waals surface area contributed by atoms with Gasteiger partial charge in [0.2, 0.25) is 0 Å². The van der Waals surface area contributed by atoms with Gasteiger partial charge in [0.05, 0.1) is 4.88 Å². The zero-order valence-electron chi connectivity index (χ0n) is 14.6. The van der Waals surface area contributed by atoms with E-state index in [0.29, 0.717) is 19.1 Å². The van der Waals surface area contributed by atoms with Gasteiger partial charge in [-0.05, 0) is 54.3 Å². The Labute approximate surface area is 156 Å². The molecule has 0 radical (unpaired) electrons. The van der Waals surface area contributed by atoms with Gasteiger partial charge in [0.25, 0.3) is 11.9 Å². The maximum absolute atomic E-state index is 13.0. The molecule has 1 amide bonds. The number of fused-ring (bicyclic) bond motifs is 2. The number of thiophene rings is 1. The van der Waals surface area contributed by atoms with E-state index in [1.54, 1.807) is 11.3 Å². The van der Waals surface area contributed by atoms with Crippen LogP contribution in [0.3, 0.4) is 0 Å². The second kappa shape index (κ2) is 6.43. The molecule has 0 spiro atoms.